The summed E-state index contributed by atoms with van der Waals surface area (Å²) in [5.41, 5.74) is 5.59. The molecule has 0 spiro atoms. The van der Waals surface area contributed by atoms with Crippen LogP contribution < -0.4 is 0 Å². The number of hydrogen-bond donors (Lipinski definition) is 2. The van der Waals surface area contributed by atoms with Crippen molar-refractivity contribution in [2.45, 2.75) is 79.1 Å². The van der Waals surface area contributed by atoms with Crippen molar-refractivity contribution in [3.63, 3.8) is 0 Å². The molecule has 10 heteroatoms. The molecule has 216 valence electrons. The monoisotopic (exact) mass is 572 g/mol. The van der Waals surface area contributed by atoms with Crippen molar-refractivity contribution in [2.24, 2.45) is 0 Å². The van der Waals surface area contributed by atoms with E-state index in [2.05, 4.69) is 48.5 Å². The first kappa shape index (κ1) is 34.7. The van der Waals surface area contributed by atoms with Gasteiger partial charge in [-0.05, 0) is 47.9 Å². The summed E-state index contributed by atoms with van der Waals surface area (Å²) in [6.07, 6.45) is 6.88. The third-order valence-electron chi connectivity index (χ3n) is 5.44. The van der Waals surface area contributed by atoms with Crippen LogP contribution in [0.25, 0.3) is 22.3 Å². The molecule has 3 rings (SSSR count). The van der Waals surface area contributed by atoms with Gasteiger partial charge in [-0.25, -0.2) is 9.13 Å². The average molecular weight is 573 g/mol. The van der Waals surface area contributed by atoms with Crippen LogP contribution in [0.15, 0.2) is 48.5 Å². The SMILES string of the molecule is CCCCOP(=O)(O)OCCCC.CCCCOP(=O)(O)OCCCC.c1ccc2c(c1)-c1ccccc1-2. The number of rotatable bonds is 16. The van der Waals surface area contributed by atoms with Gasteiger partial charge >= 0.3 is 15.6 Å². The second kappa shape index (κ2) is 19.7. The predicted molar refractivity (Wildman–Crippen MR) is 154 cm³/mol. The lowest BCUT2D eigenvalue weighted by molar-refractivity contribution is 0.145. The van der Waals surface area contributed by atoms with Crippen LogP contribution in [-0.2, 0) is 27.2 Å². The highest BCUT2D eigenvalue weighted by Gasteiger charge is 2.21. The Morgan fingerprint density at radius 2 is 0.711 bits per heavy atom. The van der Waals surface area contributed by atoms with Gasteiger partial charge in [-0.1, -0.05) is 102 Å². The number of unbranched alkanes of at least 4 members (excludes halogenated alkanes) is 4. The third-order valence-corrected chi connectivity index (χ3v) is 7.48. The van der Waals surface area contributed by atoms with Gasteiger partial charge in [0.15, 0.2) is 0 Å². The highest BCUT2D eigenvalue weighted by Crippen LogP contribution is 2.46. The fourth-order valence-corrected chi connectivity index (χ4v) is 4.80. The summed E-state index contributed by atoms with van der Waals surface area (Å²) in [6.45, 7) is 9.11. The fourth-order valence-electron chi connectivity index (χ4n) is 3.21. The maximum absolute atomic E-state index is 11.1. The van der Waals surface area contributed by atoms with Gasteiger partial charge in [0.25, 0.3) is 0 Å². The minimum atomic E-state index is -3.75. The van der Waals surface area contributed by atoms with E-state index in [1.54, 1.807) is 0 Å². The van der Waals surface area contributed by atoms with Gasteiger partial charge in [-0.3, -0.25) is 18.1 Å². The molecule has 0 radical (unpaired) electrons. The van der Waals surface area contributed by atoms with E-state index >= 15 is 0 Å². The van der Waals surface area contributed by atoms with Crippen LogP contribution in [0.2, 0.25) is 0 Å². The van der Waals surface area contributed by atoms with E-state index in [0.29, 0.717) is 0 Å². The van der Waals surface area contributed by atoms with Crippen molar-refractivity contribution >= 4 is 15.6 Å². The Labute approximate surface area is 228 Å². The molecule has 8 nitrogen and oxygen atoms in total. The highest BCUT2D eigenvalue weighted by molar-refractivity contribution is 7.47. The maximum atomic E-state index is 11.1. The topological polar surface area (TPSA) is 112 Å². The quantitative estimate of drug-likeness (QED) is 0.129. The van der Waals surface area contributed by atoms with Crippen molar-refractivity contribution in [3.8, 4) is 22.3 Å². The number of phosphoric acid groups is 2. The number of benzene rings is 2. The Morgan fingerprint density at radius 1 is 0.500 bits per heavy atom. The minimum absolute atomic E-state index is 0.288. The van der Waals surface area contributed by atoms with Gasteiger partial charge < -0.3 is 9.79 Å². The molecule has 0 aliphatic heterocycles. The van der Waals surface area contributed by atoms with Crippen molar-refractivity contribution in [3.05, 3.63) is 48.5 Å². The highest BCUT2D eigenvalue weighted by atomic mass is 31.2. The molecule has 0 amide bonds. The molecule has 2 aromatic rings. The molecule has 2 aromatic carbocycles. The molecule has 0 saturated heterocycles. The summed E-state index contributed by atoms with van der Waals surface area (Å²) < 4.78 is 41.0. The zero-order valence-electron chi connectivity index (χ0n) is 23.3. The molecule has 0 saturated carbocycles. The van der Waals surface area contributed by atoms with E-state index in [4.69, 9.17) is 27.9 Å². The first-order valence-corrected chi connectivity index (χ1v) is 16.6. The Kier molecular flexibility index (Phi) is 18.0. The Hall–Kier alpha value is -1.34. The molecule has 0 atom stereocenters. The Bertz CT molecular complexity index is 834. The largest absolute Gasteiger partial charge is 0.472 e. The lowest BCUT2D eigenvalue weighted by atomic mass is 9.81. The summed E-state index contributed by atoms with van der Waals surface area (Å²) >= 11 is 0. The molecule has 38 heavy (non-hydrogen) atoms. The molecule has 2 N–H and O–H groups in total. The van der Waals surface area contributed by atoms with Gasteiger partial charge in [0.2, 0.25) is 0 Å². The second-order valence-electron chi connectivity index (χ2n) is 8.78. The number of phosphoric ester groups is 2. The zero-order valence-corrected chi connectivity index (χ0v) is 25.1. The molecule has 0 fully saturated rings. The summed E-state index contributed by atoms with van der Waals surface area (Å²) in [7, 11) is -7.50. The van der Waals surface area contributed by atoms with E-state index in [1.165, 1.54) is 22.3 Å². The summed E-state index contributed by atoms with van der Waals surface area (Å²) in [5.74, 6) is 0. The molecule has 0 aromatic heterocycles. The van der Waals surface area contributed by atoms with Crippen LogP contribution in [0.4, 0.5) is 0 Å². The second-order valence-corrected chi connectivity index (χ2v) is 11.7. The average Bonchev–Trinajstić information content (AvgIpc) is 2.88. The van der Waals surface area contributed by atoms with E-state index in [-0.39, 0.29) is 26.4 Å². The summed E-state index contributed by atoms with van der Waals surface area (Å²) in [6, 6.07) is 17.1. The van der Waals surface area contributed by atoms with Crippen LogP contribution >= 0.6 is 15.6 Å². The van der Waals surface area contributed by atoms with Crippen molar-refractivity contribution < 1.29 is 37.0 Å². The molecular formula is C28H46O8P2. The van der Waals surface area contributed by atoms with Crippen molar-refractivity contribution in [1.82, 2.24) is 0 Å². The number of hydrogen-bond acceptors (Lipinski definition) is 6. The van der Waals surface area contributed by atoms with Crippen LogP contribution in [0.5, 0.6) is 0 Å². The lowest BCUT2D eigenvalue weighted by Gasteiger charge is -2.22. The van der Waals surface area contributed by atoms with Gasteiger partial charge in [-0.15, -0.1) is 0 Å². The minimum Gasteiger partial charge on any atom is -0.302 e. The normalized spacial score (nSPS) is 11.7. The standard InChI is InChI=1S/C12H8.2C8H19O4P/c1-2-6-10-9(5-1)11-7-3-4-8-12(10)11;2*1-3-5-7-11-13(9,10)12-8-6-4-2/h1-8H;2*3-8H2,1-2H3,(H,9,10). The third kappa shape index (κ3) is 14.2. The van der Waals surface area contributed by atoms with Crippen LogP contribution in [-0.4, -0.2) is 36.2 Å². The van der Waals surface area contributed by atoms with E-state index in [9.17, 15) is 9.13 Å². The summed E-state index contributed by atoms with van der Waals surface area (Å²) in [5, 5.41) is 0. The molecular weight excluding hydrogens is 526 g/mol. The van der Waals surface area contributed by atoms with Gasteiger partial charge in [0, 0.05) is 0 Å². The van der Waals surface area contributed by atoms with E-state index < -0.39 is 15.6 Å². The van der Waals surface area contributed by atoms with Crippen LogP contribution in [0.1, 0.15) is 79.1 Å². The molecule has 0 bridgehead atoms. The lowest BCUT2D eigenvalue weighted by Crippen LogP contribution is -1.98. The zero-order chi connectivity index (χ0) is 28.3. The summed E-state index contributed by atoms with van der Waals surface area (Å²) in [4.78, 5) is 18.2. The van der Waals surface area contributed by atoms with Gasteiger partial charge in [0.1, 0.15) is 0 Å². The molecule has 1 aliphatic rings. The maximum Gasteiger partial charge on any atom is 0.472 e. The van der Waals surface area contributed by atoms with E-state index in [1.807, 2.05) is 27.7 Å². The smallest absolute Gasteiger partial charge is 0.302 e. The van der Waals surface area contributed by atoms with Gasteiger partial charge in [0.05, 0.1) is 26.4 Å². The molecule has 0 unspecified atom stereocenters. The predicted octanol–water partition coefficient (Wildman–Crippen LogP) is 8.77. The fraction of sp³-hybridized carbons (Fsp3) is 0.571. The Morgan fingerprint density at radius 3 is 0.895 bits per heavy atom. The van der Waals surface area contributed by atoms with E-state index in [0.717, 1.165) is 51.4 Å². The van der Waals surface area contributed by atoms with Gasteiger partial charge in [-0.2, -0.15) is 0 Å². The van der Waals surface area contributed by atoms with Crippen LogP contribution in [0, 0.1) is 0 Å². The molecule has 1 aliphatic carbocycles. The number of fused-ring (bicyclic) bond motifs is 4. The Balaban J connectivity index is 0.000000285. The first-order valence-electron chi connectivity index (χ1n) is 13.6. The first-order chi connectivity index (χ1) is 18.2. The van der Waals surface area contributed by atoms with Crippen molar-refractivity contribution in [2.75, 3.05) is 26.4 Å². The van der Waals surface area contributed by atoms with Crippen LogP contribution in [0.3, 0.4) is 0 Å². The molecule has 0 heterocycles. The van der Waals surface area contributed by atoms with Crippen molar-refractivity contribution in [1.29, 1.82) is 0 Å².